The van der Waals surface area contributed by atoms with Crippen LogP contribution in [-0.2, 0) is 14.8 Å². The third-order valence-corrected chi connectivity index (χ3v) is 4.50. The maximum atomic E-state index is 11.7. The van der Waals surface area contributed by atoms with Gasteiger partial charge in [-0.1, -0.05) is 26.7 Å². The Labute approximate surface area is 110 Å². The highest BCUT2D eigenvalue weighted by Crippen LogP contribution is 2.29. The van der Waals surface area contributed by atoms with Crippen molar-refractivity contribution in [2.75, 3.05) is 12.8 Å². The average molecular weight is 276 g/mol. The second-order valence-corrected chi connectivity index (χ2v) is 7.19. The molecular weight excluding hydrogens is 252 g/mol. The Kier molecular flexibility index (Phi) is 5.59. The molecule has 6 heteroatoms. The van der Waals surface area contributed by atoms with Gasteiger partial charge in [0.1, 0.15) is 0 Å². The molecule has 1 aliphatic carbocycles. The first-order valence-corrected chi connectivity index (χ1v) is 8.42. The molecule has 3 atom stereocenters. The van der Waals surface area contributed by atoms with E-state index in [4.69, 9.17) is 0 Å². The summed E-state index contributed by atoms with van der Waals surface area (Å²) in [4.78, 5) is 11.7. The predicted molar refractivity (Wildman–Crippen MR) is 71.6 cm³/mol. The third-order valence-electron chi connectivity index (χ3n) is 3.77. The van der Waals surface area contributed by atoms with Crippen molar-refractivity contribution in [3.05, 3.63) is 0 Å². The van der Waals surface area contributed by atoms with E-state index in [1.165, 1.54) is 6.42 Å². The molecule has 1 rings (SSSR count). The molecule has 0 bridgehead atoms. The monoisotopic (exact) mass is 276 g/mol. The number of nitrogens with one attached hydrogen (secondary N) is 2. The minimum atomic E-state index is -3.20. The van der Waals surface area contributed by atoms with Crippen LogP contribution in [0.1, 0.15) is 39.5 Å². The molecule has 5 nitrogen and oxygen atoms in total. The van der Waals surface area contributed by atoms with Crippen molar-refractivity contribution in [2.45, 2.75) is 45.6 Å². The van der Waals surface area contributed by atoms with E-state index in [1.54, 1.807) is 0 Å². The number of amides is 1. The van der Waals surface area contributed by atoms with Gasteiger partial charge in [0.25, 0.3) is 0 Å². The smallest absolute Gasteiger partial charge is 0.221 e. The second kappa shape index (κ2) is 6.52. The molecule has 0 aromatic carbocycles. The van der Waals surface area contributed by atoms with Crippen LogP contribution in [0.25, 0.3) is 0 Å². The van der Waals surface area contributed by atoms with Crippen molar-refractivity contribution >= 4 is 15.9 Å². The predicted octanol–water partition coefficient (Wildman–Crippen LogP) is 0.867. The Morgan fingerprint density at radius 2 is 1.94 bits per heavy atom. The maximum Gasteiger partial charge on any atom is 0.221 e. The van der Waals surface area contributed by atoms with Crippen LogP contribution in [0.4, 0.5) is 0 Å². The Morgan fingerprint density at radius 1 is 1.28 bits per heavy atom. The molecule has 0 aromatic rings. The topological polar surface area (TPSA) is 75.3 Å². The van der Waals surface area contributed by atoms with E-state index in [9.17, 15) is 13.2 Å². The summed E-state index contributed by atoms with van der Waals surface area (Å²) in [5.41, 5.74) is 0. The minimum absolute atomic E-state index is 0.0721. The van der Waals surface area contributed by atoms with Gasteiger partial charge in [0.2, 0.25) is 15.9 Å². The van der Waals surface area contributed by atoms with Crippen LogP contribution >= 0.6 is 0 Å². The zero-order valence-corrected chi connectivity index (χ0v) is 12.2. The van der Waals surface area contributed by atoms with Crippen LogP contribution in [0.15, 0.2) is 0 Å². The lowest BCUT2D eigenvalue weighted by atomic mass is 9.78. The Hall–Kier alpha value is -0.620. The first-order chi connectivity index (χ1) is 8.29. The van der Waals surface area contributed by atoms with Gasteiger partial charge in [-0.3, -0.25) is 4.79 Å². The highest BCUT2D eigenvalue weighted by molar-refractivity contribution is 7.88. The quantitative estimate of drug-likeness (QED) is 0.782. The van der Waals surface area contributed by atoms with Crippen LogP contribution < -0.4 is 10.0 Å². The SMILES string of the molecule is C[C@@H]1[C@H](C)CCC[C@H]1NC(=O)CCNS(C)(=O)=O. The number of sulfonamides is 1. The lowest BCUT2D eigenvalue weighted by Crippen LogP contribution is -2.44. The molecule has 106 valence electrons. The zero-order valence-electron chi connectivity index (χ0n) is 11.4. The molecule has 0 radical (unpaired) electrons. The van der Waals surface area contributed by atoms with Gasteiger partial charge in [-0.15, -0.1) is 0 Å². The van der Waals surface area contributed by atoms with Crippen molar-refractivity contribution in [3.8, 4) is 0 Å². The first kappa shape index (κ1) is 15.4. The van der Waals surface area contributed by atoms with Crippen molar-refractivity contribution in [1.82, 2.24) is 10.0 Å². The molecule has 0 unspecified atom stereocenters. The molecule has 18 heavy (non-hydrogen) atoms. The van der Waals surface area contributed by atoms with Gasteiger partial charge in [0.05, 0.1) is 6.26 Å². The van der Waals surface area contributed by atoms with Gasteiger partial charge in [0.15, 0.2) is 0 Å². The largest absolute Gasteiger partial charge is 0.353 e. The summed E-state index contributed by atoms with van der Waals surface area (Å²) in [6.45, 7) is 4.55. The number of hydrogen-bond acceptors (Lipinski definition) is 3. The van der Waals surface area contributed by atoms with E-state index in [0.29, 0.717) is 11.8 Å². The fourth-order valence-electron chi connectivity index (χ4n) is 2.41. The average Bonchev–Trinajstić information content (AvgIpc) is 2.23. The van der Waals surface area contributed by atoms with Crippen LogP contribution in [0.3, 0.4) is 0 Å². The Bertz CT molecular complexity index is 381. The maximum absolute atomic E-state index is 11.7. The Balaban J connectivity index is 2.31. The fraction of sp³-hybridized carbons (Fsp3) is 0.917. The van der Waals surface area contributed by atoms with E-state index in [1.807, 2.05) is 0 Å². The van der Waals surface area contributed by atoms with Crippen LogP contribution in [0, 0.1) is 11.8 Å². The van der Waals surface area contributed by atoms with Gasteiger partial charge < -0.3 is 5.32 Å². The molecule has 1 fully saturated rings. The van der Waals surface area contributed by atoms with Gasteiger partial charge in [-0.05, 0) is 18.3 Å². The molecule has 0 saturated heterocycles. The van der Waals surface area contributed by atoms with E-state index in [-0.39, 0.29) is 24.9 Å². The van der Waals surface area contributed by atoms with Gasteiger partial charge in [0, 0.05) is 19.0 Å². The Morgan fingerprint density at radius 3 is 2.56 bits per heavy atom. The fourth-order valence-corrected chi connectivity index (χ4v) is 2.89. The van der Waals surface area contributed by atoms with Crippen molar-refractivity contribution in [2.24, 2.45) is 11.8 Å². The summed E-state index contributed by atoms with van der Waals surface area (Å²) < 4.78 is 24.0. The molecule has 0 spiro atoms. The standard InChI is InChI=1S/C12H24N2O3S/c1-9-5-4-6-11(10(9)2)14-12(15)7-8-13-18(3,16)17/h9-11,13H,4-8H2,1-3H3,(H,14,15)/t9-,10-,11-/m1/s1. The summed E-state index contributed by atoms with van der Waals surface area (Å²) in [6, 6.07) is 0.236. The van der Waals surface area contributed by atoms with E-state index in [0.717, 1.165) is 19.1 Å². The summed E-state index contributed by atoms with van der Waals surface area (Å²) in [5.74, 6) is 1.06. The molecule has 0 heterocycles. The van der Waals surface area contributed by atoms with Gasteiger partial charge >= 0.3 is 0 Å². The first-order valence-electron chi connectivity index (χ1n) is 6.53. The molecule has 1 aliphatic rings. The minimum Gasteiger partial charge on any atom is -0.353 e. The number of carbonyl (C=O) groups is 1. The third kappa shape index (κ3) is 5.35. The van der Waals surface area contributed by atoms with E-state index < -0.39 is 10.0 Å². The molecular formula is C12H24N2O3S. The number of carbonyl (C=O) groups excluding carboxylic acids is 1. The van der Waals surface area contributed by atoms with Crippen LogP contribution in [0.2, 0.25) is 0 Å². The number of rotatable bonds is 5. The molecule has 0 aromatic heterocycles. The normalized spacial score (nSPS) is 28.9. The van der Waals surface area contributed by atoms with Crippen molar-refractivity contribution in [3.63, 3.8) is 0 Å². The molecule has 2 N–H and O–H groups in total. The highest BCUT2D eigenvalue weighted by Gasteiger charge is 2.27. The summed E-state index contributed by atoms with van der Waals surface area (Å²) in [5, 5.41) is 3.01. The summed E-state index contributed by atoms with van der Waals surface area (Å²) >= 11 is 0. The van der Waals surface area contributed by atoms with Gasteiger partial charge in [-0.25, -0.2) is 13.1 Å². The zero-order chi connectivity index (χ0) is 13.8. The second-order valence-electron chi connectivity index (χ2n) is 5.36. The lowest BCUT2D eigenvalue weighted by Gasteiger charge is -2.34. The molecule has 1 amide bonds. The lowest BCUT2D eigenvalue weighted by molar-refractivity contribution is -0.122. The van der Waals surface area contributed by atoms with Crippen LogP contribution in [0.5, 0.6) is 0 Å². The van der Waals surface area contributed by atoms with Crippen molar-refractivity contribution in [1.29, 1.82) is 0 Å². The van der Waals surface area contributed by atoms with E-state index >= 15 is 0 Å². The van der Waals surface area contributed by atoms with E-state index in [2.05, 4.69) is 23.9 Å². The number of hydrogen-bond donors (Lipinski definition) is 2. The van der Waals surface area contributed by atoms with Crippen molar-refractivity contribution < 1.29 is 13.2 Å². The highest BCUT2D eigenvalue weighted by atomic mass is 32.2. The molecule has 1 saturated carbocycles. The summed E-state index contributed by atoms with van der Waals surface area (Å²) in [7, 11) is -3.20. The van der Waals surface area contributed by atoms with Gasteiger partial charge in [-0.2, -0.15) is 0 Å². The summed E-state index contributed by atoms with van der Waals surface area (Å²) in [6.07, 6.45) is 4.69. The van der Waals surface area contributed by atoms with Crippen LogP contribution in [-0.4, -0.2) is 33.2 Å². The molecule has 0 aliphatic heterocycles.